The topological polar surface area (TPSA) is 218 Å². The quantitative estimate of drug-likeness (QED) is 0.0410. The molecule has 2 aliphatic rings. The van der Waals surface area contributed by atoms with Gasteiger partial charge < -0.3 is 31.9 Å². The summed E-state index contributed by atoms with van der Waals surface area (Å²) in [6.07, 6.45) is 18.6. The van der Waals surface area contributed by atoms with E-state index in [2.05, 4.69) is 110 Å². The predicted octanol–water partition coefficient (Wildman–Crippen LogP) is 5.19. The third-order valence-electron chi connectivity index (χ3n) is 12.4. The maximum Gasteiger partial charge on any atom is 0.272 e. The molecule has 2 aliphatic carbocycles. The maximum atomic E-state index is 13.7. The molecule has 0 saturated heterocycles. The SMILES string of the molecule is O=C(NC(CCCCNC1CC1c1cccc(-c2ccnc(CNC(=O)C(CCCCNC3CC3c3ccccc3)NC(=O)c3cnccn3)c2)c1)C(=O)NCc1cnccn1)c1ccccn1. The largest absolute Gasteiger partial charge is 0.349 e. The van der Waals surface area contributed by atoms with E-state index >= 15 is 0 Å². The fraction of sp³-hybridized carbons (Fsp3) is 0.346. The molecule has 350 valence electrons. The first-order valence-electron chi connectivity index (χ1n) is 23.5. The molecule has 6 atom stereocenters. The number of nitrogens with one attached hydrogen (secondary N) is 6. The third-order valence-corrected chi connectivity index (χ3v) is 12.4. The molecular formula is C52H58N12O4. The molecule has 4 amide bonds. The Hall–Kier alpha value is -7.30. The minimum Gasteiger partial charge on any atom is -0.349 e. The molecule has 4 aromatic heterocycles. The van der Waals surface area contributed by atoms with E-state index in [9.17, 15) is 19.2 Å². The number of aromatic nitrogens is 6. The lowest BCUT2D eigenvalue weighted by Crippen LogP contribution is -2.46. The first-order valence-corrected chi connectivity index (χ1v) is 23.5. The monoisotopic (exact) mass is 914 g/mol. The summed E-state index contributed by atoms with van der Waals surface area (Å²) in [6.45, 7) is 2.03. The van der Waals surface area contributed by atoms with Gasteiger partial charge in [-0.25, -0.2) is 4.98 Å². The van der Waals surface area contributed by atoms with Crippen LogP contribution in [0.5, 0.6) is 0 Å². The summed E-state index contributed by atoms with van der Waals surface area (Å²) in [5.74, 6) is -0.491. The highest BCUT2D eigenvalue weighted by atomic mass is 16.2. The van der Waals surface area contributed by atoms with Crippen molar-refractivity contribution in [2.75, 3.05) is 13.1 Å². The van der Waals surface area contributed by atoms with Crippen molar-refractivity contribution in [2.24, 2.45) is 0 Å². The summed E-state index contributed by atoms with van der Waals surface area (Å²) in [5.41, 5.74) is 6.39. The number of carbonyl (C=O) groups is 4. The van der Waals surface area contributed by atoms with Crippen molar-refractivity contribution in [3.05, 3.63) is 168 Å². The molecule has 68 heavy (non-hydrogen) atoms. The highest BCUT2D eigenvalue weighted by Crippen LogP contribution is 2.42. The van der Waals surface area contributed by atoms with Crippen LogP contribution in [0.15, 0.2) is 135 Å². The molecule has 2 aromatic carbocycles. The summed E-state index contributed by atoms with van der Waals surface area (Å²) in [5, 5.41) is 19.0. The van der Waals surface area contributed by atoms with Crippen LogP contribution >= 0.6 is 0 Å². The van der Waals surface area contributed by atoms with Gasteiger partial charge in [0, 0.05) is 61.1 Å². The standard InChI is InChI=1S/C52H58N12O4/c65-49(45(64-52(68)48-34-54-24-26-60-48)17-6-8-20-58-46-29-41(46)35-11-2-1-3-12-35)61-32-39-28-37(18-22-55-39)36-13-10-14-38(27-36)42-30-47(42)59-21-9-5-16-44(63-51(67)43-15-4-7-19-57-43)50(66)62-33-40-31-53-23-25-56-40/h1-4,7,10-15,18-19,22-28,31,34,41-42,44-47,58-59H,5-6,8-9,16-17,20-21,29-30,32-33H2,(H,61,65)(H,62,66)(H,63,67)(H,64,68). The lowest BCUT2D eigenvalue weighted by atomic mass is 10.0. The molecule has 16 heteroatoms. The first-order chi connectivity index (χ1) is 33.4. The molecule has 2 fully saturated rings. The zero-order valence-corrected chi connectivity index (χ0v) is 38.0. The molecule has 0 aliphatic heterocycles. The minimum absolute atomic E-state index is 0.154. The van der Waals surface area contributed by atoms with Gasteiger partial charge in [-0.2, -0.15) is 0 Å². The Morgan fingerprint density at radius 1 is 0.515 bits per heavy atom. The Balaban J connectivity index is 0.790. The summed E-state index contributed by atoms with van der Waals surface area (Å²) in [6, 6.07) is 27.5. The lowest BCUT2D eigenvalue weighted by Gasteiger charge is -2.18. The fourth-order valence-electron chi connectivity index (χ4n) is 8.44. The summed E-state index contributed by atoms with van der Waals surface area (Å²) in [4.78, 5) is 78.0. The van der Waals surface area contributed by atoms with Crippen molar-refractivity contribution in [3.63, 3.8) is 0 Å². The number of pyridine rings is 2. The lowest BCUT2D eigenvalue weighted by molar-refractivity contribution is -0.124. The molecule has 2 saturated carbocycles. The number of benzene rings is 2. The van der Waals surface area contributed by atoms with Gasteiger partial charge in [-0.15, -0.1) is 0 Å². The molecule has 4 heterocycles. The Labute approximate surface area is 396 Å². The fourth-order valence-corrected chi connectivity index (χ4v) is 8.44. The van der Waals surface area contributed by atoms with Gasteiger partial charge in [-0.3, -0.25) is 44.1 Å². The van der Waals surface area contributed by atoms with E-state index in [0.29, 0.717) is 48.1 Å². The minimum atomic E-state index is -0.752. The highest BCUT2D eigenvalue weighted by Gasteiger charge is 2.38. The number of nitrogens with zero attached hydrogens (tertiary/aromatic N) is 6. The van der Waals surface area contributed by atoms with Crippen molar-refractivity contribution in [3.8, 4) is 11.1 Å². The van der Waals surface area contributed by atoms with Crippen molar-refractivity contribution in [1.29, 1.82) is 0 Å². The number of unbranched alkanes of at least 4 members (excludes halogenated alkanes) is 2. The van der Waals surface area contributed by atoms with Gasteiger partial charge in [0.1, 0.15) is 23.5 Å². The number of hydrogen-bond acceptors (Lipinski definition) is 12. The molecule has 0 spiro atoms. The molecular weight excluding hydrogens is 857 g/mol. The van der Waals surface area contributed by atoms with E-state index in [4.69, 9.17) is 0 Å². The molecule has 6 unspecified atom stereocenters. The van der Waals surface area contributed by atoms with E-state index in [1.807, 2.05) is 18.2 Å². The van der Waals surface area contributed by atoms with E-state index < -0.39 is 23.9 Å². The van der Waals surface area contributed by atoms with Crippen LogP contribution in [0.4, 0.5) is 0 Å². The molecule has 16 nitrogen and oxygen atoms in total. The van der Waals surface area contributed by atoms with Crippen molar-refractivity contribution in [1.82, 2.24) is 61.8 Å². The van der Waals surface area contributed by atoms with E-state index in [1.54, 1.807) is 49.2 Å². The predicted molar refractivity (Wildman–Crippen MR) is 257 cm³/mol. The van der Waals surface area contributed by atoms with Gasteiger partial charge in [-0.1, -0.05) is 60.7 Å². The molecule has 6 N–H and O–H groups in total. The summed E-state index contributed by atoms with van der Waals surface area (Å²) in [7, 11) is 0. The zero-order valence-electron chi connectivity index (χ0n) is 38.0. The first kappa shape index (κ1) is 47.2. The zero-order chi connectivity index (χ0) is 46.9. The average Bonchev–Trinajstić information content (AvgIpc) is 4.34. The van der Waals surface area contributed by atoms with Crippen molar-refractivity contribution < 1.29 is 19.2 Å². The van der Waals surface area contributed by atoms with Crippen LogP contribution in [0.2, 0.25) is 0 Å². The van der Waals surface area contributed by atoms with E-state index in [0.717, 1.165) is 62.7 Å². The van der Waals surface area contributed by atoms with Gasteiger partial charge >= 0.3 is 0 Å². The van der Waals surface area contributed by atoms with Crippen LogP contribution in [0, 0.1) is 0 Å². The second kappa shape index (κ2) is 23.9. The second-order valence-electron chi connectivity index (χ2n) is 17.4. The number of carbonyl (C=O) groups excluding carboxylic acids is 4. The van der Waals surface area contributed by atoms with Crippen LogP contribution in [0.1, 0.15) is 107 Å². The van der Waals surface area contributed by atoms with Gasteiger partial charge in [0.15, 0.2) is 0 Å². The van der Waals surface area contributed by atoms with E-state index in [1.165, 1.54) is 29.7 Å². The van der Waals surface area contributed by atoms with Crippen LogP contribution in [-0.4, -0.2) is 90.8 Å². The van der Waals surface area contributed by atoms with Gasteiger partial charge in [0.2, 0.25) is 11.8 Å². The smallest absolute Gasteiger partial charge is 0.272 e. The number of amides is 4. The maximum absolute atomic E-state index is 13.7. The van der Waals surface area contributed by atoms with Gasteiger partial charge in [0.05, 0.1) is 36.9 Å². The van der Waals surface area contributed by atoms with Crippen LogP contribution in [-0.2, 0) is 22.7 Å². The molecule has 8 rings (SSSR count). The number of rotatable bonds is 25. The van der Waals surface area contributed by atoms with Gasteiger partial charge in [-0.05, 0) is 111 Å². The Kier molecular flexibility index (Phi) is 16.6. The number of hydrogen-bond donors (Lipinski definition) is 6. The Bertz CT molecular complexity index is 2570. The third kappa shape index (κ3) is 13.9. The van der Waals surface area contributed by atoms with Crippen LogP contribution in [0.3, 0.4) is 0 Å². The Morgan fingerprint density at radius 2 is 1.10 bits per heavy atom. The highest BCUT2D eigenvalue weighted by molar-refractivity contribution is 5.96. The van der Waals surface area contributed by atoms with Crippen molar-refractivity contribution >= 4 is 23.6 Å². The van der Waals surface area contributed by atoms with Crippen LogP contribution < -0.4 is 31.9 Å². The average molecular weight is 915 g/mol. The summed E-state index contributed by atoms with van der Waals surface area (Å²) >= 11 is 0. The molecule has 0 radical (unpaired) electrons. The second-order valence-corrected chi connectivity index (χ2v) is 17.4. The van der Waals surface area contributed by atoms with Crippen LogP contribution in [0.25, 0.3) is 11.1 Å². The van der Waals surface area contributed by atoms with Crippen molar-refractivity contribution in [2.45, 2.75) is 100 Å². The normalized spacial score (nSPS) is 17.8. The summed E-state index contributed by atoms with van der Waals surface area (Å²) < 4.78 is 0. The molecule has 0 bridgehead atoms. The van der Waals surface area contributed by atoms with E-state index in [-0.39, 0.29) is 36.3 Å². The molecule has 6 aromatic rings. The van der Waals surface area contributed by atoms with Gasteiger partial charge in [0.25, 0.3) is 11.8 Å². The Morgan fingerprint density at radius 3 is 1.75 bits per heavy atom.